The van der Waals surface area contributed by atoms with Gasteiger partial charge in [0.2, 0.25) is 6.79 Å². The summed E-state index contributed by atoms with van der Waals surface area (Å²) in [4.78, 5) is 12.9. The predicted molar refractivity (Wildman–Crippen MR) is 98.8 cm³/mol. The molecule has 0 bridgehead atoms. The number of nitrogens with zero attached hydrogens (tertiary/aromatic N) is 3. The van der Waals surface area contributed by atoms with Crippen molar-refractivity contribution in [2.75, 3.05) is 18.8 Å². The van der Waals surface area contributed by atoms with E-state index in [9.17, 15) is 4.79 Å². The minimum absolute atomic E-state index is 0.129. The van der Waals surface area contributed by atoms with Crippen LogP contribution in [0, 0.1) is 0 Å². The number of thioether (sulfide) groups is 1. The van der Waals surface area contributed by atoms with Crippen molar-refractivity contribution in [3.05, 3.63) is 54.0 Å². The highest BCUT2D eigenvalue weighted by atomic mass is 32.2. The van der Waals surface area contributed by atoms with Crippen LogP contribution in [0.4, 0.5) is 0 Å². The van der Waals surface area contributed by atoms with Gasteiger partial charge in [-0.05, 0) is 42.7 Å². The second-order valence-corrected chi connectivity index (χ2v) is 6.82. The molecule has 1 aliphatic rings. The summed E-state index contributed by atoms with van der Waals surface area (Å²) in [6, 6.07) is 10.8. The van der Waals surface area contributed by atoms with Crippen LogP contribution in [0.2, 0.25) is 0 Å². The van der Waals surface area contributed by atoms with Gasteiger partial charge >= 0.3 is 0 Å². The van der Waals surface area contributed by atoms with Crippen molar-refractivity contribution in [2.24, 2.45) is 0 Å². The first-order valence-electron chi connectivity index (χ1n) is 8.26. The van der Waals surface area contributed by atoms with Gasteiger partial charge in [0.15, 0.2) is 23.0 Å². The summed E-state index contributed by atoms with van der Waals surface area (Å²) in [5.41, 5.74) is 1.21. The lowest BCUT2D eigenvalue weighted by Gasteiger charge is -2.17. The van der Waals surface area contributed by atoms with Crippen LogP contribution in [0.5, 0.6) is 11.5 Å². The molecular weight excluding hydrogens is 352 g/mol. The molecule has 0 fully saturated rings. The number of carbonyl (C=O) groups is 1. The molecule has 1 N–H and O–H groups in total. The molecule has 4 rings (SSSR count). The Kier molecular flexibility index (Phi) is 4.66. The number of aromatic nitrogens is 3. The summed E-state index contributed by atoms with van der Waals surface area (Å²) in [5.74, 6) is 2.46. The summed E-state index contributed by atoms with van der Waals surface area (Å²) in [5, 5.41) is 11.6. The highest BCUT2D eigenvalue weighted by Gasteiger charge is 2.25. The van der Waals surface area contributed by atoms with Gasteiger partial charge in [-0.25, -0.2) is 0 Å². The fourth-order valence-electron chi connectivity index (χ4n) is 2.94. The lowest BCUT2D eigenvalue weighted by atomic mass is 10.1. The molecule has 8 heteroatoms. The minimum atomic E-state index is -0.259. The van der Waals surface area contributed by atoms with Gasteiger partial charge in [-0.3, -0.25) is 9.20 Å². The van der Waals surface area contributed by atoms with Crippen molar-refractivity contribution in [3.63, 3.8) is 0 Å². The van der Waals surface area contributed by atoms with Crippen molar-refractivity contribution in [2.45, 2.75) is 12.5 Å². The van der Waals surface area contributed by atoms with Gasteiger partial charge in [0, 0.05) is 6.20 Å². The molecule has 1 unspecified atom stereocenters. The SMILES string of the molecule is CSCCC(NC(=O)c1cccc2c1OCO2)c1nnc2ccccn12. The van der Waals surface area contributed by atoms with E-state index < -0.39 is 0 Å². The molecule has 26 heavy (non-hydrogen) atoms. The number of rotatable bonds is 6. The van der Waals surface area contributed by atoms with Crippen LogP contribution >= 0.6 is 11.8 Å². The molecule has 3 aromatic rings. The van der Waals surface area contributed by atoms with Crippen molar-refractivity contribution in [1.82, 2.24) is 19.9 Å². The average molecular weight is 370 g/mol. The van der Waals surface area contributed by atoms with Gasteiger partial charge in [0.1, 0.15) is 0 Å². The molecule has 3 heterocycles. The molecule has 1 amide bonds. The third-order valence-corrected chi connectivity index (χ3v) is 4.85. The molecule has 1 atom stereocenters. The number of fused-ring (bicyclic) bond motifs is 2. The molecule has 0 spiro atoms. The van der Waals surface area contributed by atoms with E-state index in [1.54, 1.807) is 30.0 Å². The van der Waals surface area contributed by atoms with Gasteiger partial charge in [0.05, 0.1) is 11.6 Å². The summed E-state index contributed by atoms with van der Waals surface area (Å²) in [6.07, 6.45) is 4.69. The Morgan fingerprint density at radius 1 is 1.27 bits per heavy atom. The van der Waals surface area contributed by atoms with E-state index in [0.29, 0.717) is 22.9 Å². The zero-order valence-electron chi connectivity index (χ0n) is 14.2. The van der Waals surface area contributed by atoms with Crippen LogP contribution in [0.25, 0.3) is 5.65 Å². The predicted octanol–water partition coefficient (Wildman–Crippen LogP) is 2.68. The van der Waals surface area contributed by atoms with Gasteiger partial charge in [-0.1, -0.05) is 12.1 Å². The number of para-hydroxylation sites is 1. The van der Waals surface area contributed by atoms with Gasteiger partial charge in [0.25, 0.3) is 5.91 Å². The van der Waals surface area contributed by atoms with Crippen LogP contribution in [-0.2, 0) is 0 Å². The maximum atomic E-state index is 12.9. The molecule has 2 aromatic heterocycles. The van der Waals surface area contributed by atoms with E-state index in [4.69, 9.17) is 9.47 Å². The quantitative estimate of drug-likeness (QED) is 0.719. The average Bonchev–Trinajstić information content (AvgIpc) is 3.31. The third-order valence-electron chi connectivity index (χ3n) is 4.21. The van der Waals surface area contributed by atoms with Crippen LogP contribution in [0.3, 0.4) is 0 Å². The van der Waals surface area contributed by atoms with Crippen molar-refractivity contribution in [1.29, 1.82) is 0 Å². The van der Waals surface area contributed by atoms with Crippen molar-refractivity contribution < 1.29 is 14.3 Å². The number of hydrogen-bond acceptors (Lipinski definition) is 6. The zero-order valence-corrected chi connectivity index (χ0v) is 15.0. The lowest BCUT2D eigenvalue weighted by Crippen LogP contribution is -2.30. The molecule has 0 radical (unpaired) electrons. The largest absolute Gasteiger partial charge is 0.454 e. The molecule has 0 aliphatic carbocycles. The Hall–Kier alpha value is -2.74. The first-order chi connectivity index (χ1) is 12.8. The summed E-state index contributed by atoms with van der Waals surface area (Å²) < 4.78 is 12.7. The number of benzene rings is 1. The second-order valence-electron chi connectivity index (χ2n) is 5.83. The molecule has 1 aliphatic heterocycles. The Labute approximate surface area is 154 Å². The highest BCUT2D eigenvalue weighted by molar-refractivity contribution is 7.98. The van der Waals surface area contributed by atoms with Crippen molar-refractivity contribution in [3.8, 4) is 11.5 Å². The summed E-state index contributed by atoms with van der Waals surface area (Å²) >= 11 is 1.72. The monoisotopic (exact) mass is 370 g/mol. The van der Waals surface area contributed by atoms with Crippen molar-refractivity contribution >= 4 is 23.3 Å². The number of pyridine rings is 1. The number of nitrogens with one attached hydrogen (secondary N) is 1. The maximum absolute atomic E-state index is 12.9. The number of carbonyl (C=O) groups excluding carboxylic acids is 1. The first-order valence-corrected chi connectivity index (χ1v) is 9.65. The van der Waals surface area contributed by atoms with E-state index in [1.165, 1.54) is 0 Å². The fraction of sp³-hybridized carbons (Fsp3) is 0.278. The summed E-state index contributed by atoms with van der Waals surface area (Å²) in [6.45, 7) is 0.129. The van der Waals surface area contributed by atoms with Crippen LogP contribution in [0.15, 0.2) is 42.6 Å². The van der Waals surface area contributed by atoms with E-state index in [-0.39, 0.29) is 18.7 Å². The minimum Gasteiger partial charge on any atom is -0.454 e. The Balaban J connectivity index is 1.64. The normalized spacial score (nSPS) is 13.7. The van der Waals surface area contributed by atoms with Crippen LogP contribution in [0.1, 0.15) is 28.6 Å². The molecule has 7 nitrogen and oxygen atoms in total. The number of amides is 1. The lowest BCUT2D eigenvalue weighted by molar-refractivity contribution is 0.0929. The van der Waals surface area contributed by atoms with E-state index in [1.807, 2.05) is 35.1 Å². The molecule has 0 saturated carbocycles. The summed E-state index contributed by atoms with van der Waals surface area (Å²) in [7, 11) is 0. The maximum Gasteiger partial charge on any atom is 0.255 e. The van der Waals surface area contributed by atoms with Gasteiger partial charge in [-0.15, -0.1) is 10.2 Å². The standard InChI is InChI=1S/C18H18N4O3S/c1-26-10-8-13(17-21-20-15-7-2-3-9-22(15)17)19-18(23)12-5-4-6-14-16(12)25-11-24-14/h2-7,9,13H,8,10-11H2,1H3,(H,19,23). The fourth-order valence-corrected chi connectivity index (χ4v) is 3.42. The van der Waals surface area contributed by atoms with Crippen LogP contribution < -0.4 is 14.8 Å². The van der Waals surface area contributed by atoms with E-state index >= 15 is 0 Å². The molecule has 134 valence electrons. The molecule has 0 saturated heterocycles. The molecule has 1 aromatic carbocycles. The van der Waals surface area contributed by atoms with Gasteiger partial charge in [-0.2, -0.15) is 11.8 Å². The Bertz CT molecular complexity index is 943. The van der Waals surface area contributed by atoms with Crippen LogP contribution in [-0.4, -0.2) is 39.3 Å². The van der Waals surface area contributed by atoms with E-state index in [2.05, 4.69) is 15.5 Å². The highest BCUT2D eigenvalue weighted by Crippen LogP contribution is 2.35. The van der Waals surface area contributed by atoms with Gasteiger partial charge < -0.3 is 14.8 Å². The Morgan fingerprint density at radius 2 is 2.19 bits per heavy atom. The van der Waals surface area contributed by atoms with E-state index in [0.717, 1.165) is 17.8 Å². The number of hydrogen-bond donors (Lipinski definition) is 1. The second kappa shape index (κ2) is 7.25. The third kappa shape index (κ3) is 3.08. The Morgan fingerprint density at radius 3 is 3.08 bits per heavy atom. The first kappa shape index (κ1) is 16.7. The molecular formula is C18H18N4O3S. The zero-order chi connectivity index (χ0) is 17.9. The number of ether oxygens (including phenoxy) is 2. The smallest absolute Gasteiger partial charge is 0.255 e. The topological polar surface area (TPSA) is 77.8 Å².